The van der Waals surface area contributed by atoms with Crippen molar-refractivity contribution in [2.75, 3.05) is 25.4 Å². The van der Waals surface area contributed by atoms with E-state index in [1.807, 2.05) is 72.8 Å². The van der Waals surface area contributed by atoms with Gasteiger partial charge in [-0.3, -0.25) is 9.59 Å². The molecule has 7 heteroatoms. The van der Waals surface area contributed by atoms with Crippen LogP contribution >= 0.6 is 0 Å². The van der Waals surface area contributed by atoms with Crippen LogP contribution < -0.4 is 15.2 Å². The van der Waals surface area contributed by atoms with Gasteiger partial charge in [-0.1, -0.05) is 66.7 Å². The second-order valence-electron chi connectivity index (χ2n) is 10.3. The number of nitrogens with two attached hydrogens (primary N) is 1. The molecular weight excluding hydrogens is 538 g/mol. The number of ketones is 1. The topological polar surface area (TPSA) is 97.6 Å². The highest BCUT2D eigenvalue weighted by molar-refractivity contribution is 6.07. The summed E-state index contributed by atoms with van der Waals surface area (Å²) < 4.78 is 11.9. The van der Waals surface area contributed by atoms with Gasteiger partial charge in [0.1, 0.15) is 24.7 Å². The normalized spacial score (nSPS) is 11.0. The third-order valence-corrected chi connectivity index (χ3v) is 7.32. The number of carbonyl (C=O) groups excluding carboxylic acids is 2. The second kappa shape index (κ2) is 12.5. The standard InChI is InChI=1S/C36H31N3O4/c37-31-21-27(15-18-35(31)43-24-25-9-3-1-4-10-25)34(40)23-39(36(41)26-11-5-2-6-12-26)19-20-42-28-16-17-30-29-13-7-8-14-32(29)38-33(30)22-28/h1-18,21-22,38H,19-20,23-24,37H2. The van der Waals surface area contributed by atoms with Crippen LogP contribution in [0.3, 0.4) is 0 Å². The summed E-state index contributed by atoms with van der Waals surface area (Å²) in [4.78, 5) is 31.7. The summed E-state index contributed by atoms with van der Waals surface area (Å²) >= 11 is 0. The molecule has 1 heterocycles. The number of aromatic nitrogens is 1. The first kappa shape index (κ1) is 27.6. The number of nitrogens with zero attached hydrogens (tertiary/aromatic N) is 1. The van der Waals surface area contributed by atoms with Gasteiger partial charge in [-0.2, -0.15) is 0 Å². The van der Waals surface area contributed by atoms with Gasteiger partial charge < -0.3 is 25.1 Å². The number of hydrogen-bond donors (Lipinski definition) is 2. The third-order valence-electron chi connectivity index (χ3n) is 7.32. The molecule has 0 atom stereocenters. The first-order valence-corrected chi connectivity index (χ1v) is 14.1. The molecule has 0 aliphatic heterocycles. The largest absolute Gasteiger partial charge is 0.492 e. The van der Waals surface area contributed by atoms with E-state index in [-0.39, 0.29) is 31.4 Å². The highest BCUT2D eigenvalue weighted by Gasteiger charge is 2.21. The van der Waals surface area contributed by atoms with Crippen LogP contribution in [0.1, 0.15) is 26.3 Å². The number of H-pyrrole nitrogens is 1. The van der Waals surface area contributed by atoms with Gasteiger partial charge in [0.25, 0.3) is 5.91 Å². The van der Waals surface area contributed by atoms with Crippen LogP contribution in [0.25, 0.3) is 21.8 Å². The fourth-order valence-corrected chi connectivity index (χ4v) is 5.07. The molecular formula is C36H31N3O4. The summed E-state index contributed by atoms with van der Waals surface area (Å²) in [7, 11) is 0. The third kappa shape index (κ3) is 6.36. The molecule has 0 aliphatic carbocycles. The van der Waals surface area contributed by atoms with E-state index >= 15 is 0 Å². The molecule has 0 saturated carbocycles. The van der Waals surface area contributed by atoms with E-state index in [0.29, 0.717) is 34.9 Å². The van der Waals surface area contributed by atoms with Gasteiger partial charge in [0.2, 0.25) is 0 Å². The van der Waals surface area contributed by atoms with Crippen LogP contribution in [0.15, 0.2) is 121 Å². The molecule has 214 valence electrons. The van der Waals surface area contributed by atoms with Crippen molar-refractivity contribution in [1.29, 1.82) is 0 Å². The van der Waals surface area contributed by atoms with Crippen molar-refractivity contribution in [2.45, 2.75) is 6.61 Å². The fraction of sp³-hybridized carbons (Fsp3) is 0.111. The zero-order valence-corrected chi connectivity index (χ0v) is 23.5. The molecule has 1 amide bonds. The fourth-order valence-electron chi connectivity index (χ4n) is 5.07. The molecule has 43 heavy (non-hydrogen) atoms. The number of para-hydroxylation sites is 1. The Bertz CT molecular complexity index is 1880. The zero-order chi connectivity index (χ0) is 29.6. The molecule has 0 bridgehead atoms. The molecule has 5 aromatic carbocycles. The number of fused-ring (bicyclic) bond motifs is 3. The molecule has 1 aromatic heterocycles. The number of aromatic amines is 1. The first-order chi connectivity index (χ1) is 21.0. The summed E-state index contributed by atoms with van der Waals surface area (Å²) in [6.07, 6.45) is 0. The van der Waals surface area contributed by atoms with Crippen LogP contribution in [0, 0.1) is 0 Å². The number of hydrogen-bond acceptors (Lipinski definition) is 5. The van der Waals surface area contributed by atoms with E-state index in [0.717, 1.165) is 27.4 Å². The molecule has 0 aliphatic rings. The monoisotopic (exact) mass is 569 g/mol. The van der Waals surface area contributed by atoms with Crippen molar-refractivity contribution in [3.8, 4) is 11.5 Å². The Hall–Kier alpha value is -5.56. The smallest absolute Gasteiger partial charge is 0.254 e. The molecule has 6 aromatic rings. The predicted molar refractivity (Wildman–Crippen MR) is 170 cm³/mol. The Morgan fingerprint density at radius 3 is 2.21 bits per heavy atom. The number of amides is 1. The zero-order valence-electron chi connectivity index (χ0n) is 23.5. The van der Waals surface area contributed by atoms with Gasteiger partial charge in [-0.25, -0.2) is 0 Å². The average molecular weight is 570 g/mol. The minimum Gasteiger partial charge on any atom is -0.492 e. The Kier molecular flexibility index (Phi) is 8.04. The SMILES string of the molecule is Nc1cc(C(=O)CN(CCOc2ccc3c(c2)[nH]c2ccccc23)C(=O)c2ccccc2)ccc1OCc1ccccc1. The maximum atomic E-state index is 13.4. The lowest BCUT2D eigenvalue weighted by Gasteiger charge is -2.22. The van der Waals surface area contributed by atoms with E-state index in [4.69, 9.17) is 15.2 Å². The number of nitrogen functional groups attached to an aromatic ring is 1. The van der Waals surface area contributed by atoms with Crippen LogP contribution in [-0.2, 0) is 6.61 Å². The number of ether oxygens (including phenoxy) is 2. The van der Waals surface area contributed by atoms with Gasteiger partial charge in [-0.15, -0.1) is 0 Å². The maximum absolute atomic E-state index is 13.4. The number of benzene rings is 5. The summed E-state index contributed by atoms with van der Waals surface area (Å²) in [6.45, 7) is 0.677. The second-order valence-corrected chi connectivity index (χ2v) is 10.3. The van der Waals surface area contributed by atoms with Gasteiger partial charge in [0, 0.05) is 33.5 Å². The van der Waals surface area contributed by atoms with Gasteiger partial charge in [-0.05, 0) is 54.1 Å². The van der Waals surface area contributed by atoms with Gasteiger partial charge >= 0.3 is 0 Å². The molecule has 0 saturated heterocycles. The Labute approximate surface area is 249 Å². The van der Waals surface area contributed by atoms with Crippen molar-refractivity contribution >= 4 is 39.2 Å². The van der Waals surface area contributed by atoms with Crippen LogP contribution in [0.4, 0.5) is 5.69 Å². The molecule has 0 spiro atoms. The van der Waals surface area contributed by atoms with Crippen molar-refractivity contribution < 1.29 is 19.1 Å². The number of nitrogens with one attached hydrogen (secondary N) is 1. The maximum Gasteiger partial charge on any atom is 0.254 e. The summed E-state index contributed by atoms with van der Waals surface area (Å²) in [6, 6.07) is 37.7. The predicted octanol–water partition coefficient (Wildman–Crippen LogP) is 6.89. The molecule has 0 fully saturated rings. The van der Waals surface area contributed by atoms with E-state index in [9.17, 15) is 9.59 Å². The molecule has 6 rings (SSSR count). The number of anilines is 1. The van der Waals surface area contributed by atoms with Crippen molar-refractivity contribution in [3.05, 3.63) is 138 Å². The molecule has 7 nitrogen and oxygen atoms in total. The number of Topliss-reactive ketones (excluding diaryl/α,β-unsaturated/α-hetero) is 1. The van der Waals surface area contributed by atoms with Crippen LogP contribution in [0.5, 0.6) is 11.5 Å². The first-order valence-electron chi connectivity index (χ1n) is 14.1. The van der Waals surface area contributed by atoms with Crippen molar-refractivity contribution in [1.82, 2.24) is 9.88 Å². The molecule has 0 unspecified atom stereocenters. The molecule has 0 radical (unpaired) electrons. The minimum absolute atomic E-state index is 0.123. The average Bonchev–Trinajstić information content (AvgIpc) is 3.42. The Morgan fingerprint density at radius 1 is 0.698 bits per heavy atom. The van der Waals surface area contributed by atoms with E-state index in [1.165, 1.54) is 4.90 Å². The van der Waals surface area contributed by atoms with Crippen LogP contribution in [-0.4, -0.2) is 41.3 Å². The highest BCUT2D eigenvalue weighted by Crippen LogP contribution is 2.28. The lowest BCUT2D eigenvalue weighted by molar-refractivity contribution is 0.0686. The Balaban J connectivity index is 1.14. The van der Waals surface area contributed by atoms with Gasteiger partial charge in [0.15, 0.2) is 5.78 Å². The van der Waals surface area contributed by atoms with E-state index < -0.39 is 0 Å². The van der Waals surface area contributed by atoms with E-state index in [1.54, 1.807) is 42.5 Å². The van der Waals surface area contributed by atoms with Crippen LogP contribution in [0.2, 0.25) is 0 Å². The lowest BCUT2D eigenvalue weighted by Crippen LogP contribution is -2.38. The minimum atomic E-state index is -0.251. The quantitative estimate of drug-likeness (QED) is 0.131. The summed E-state index contributed by atoms with van der Waals surface area (Å²) in [5.74, 6) is 0.693. The highest BCUT2D eigenvalue weighted by atomic mass is 16.5. The summed E-state index contributed by atoms with van der Waals surface area (Å²) in [5, 5.41) is 2.27. The number of rotatable bonds is 11. The lowest BCUT2D eigenvalue weighted by atomic mass is 10.1. The summed E-state index contributed by atoms with van der Waals surface area (Å²) in [5.41, 5.74) is 10.5. The molecule has 3 N–H and O–H groups in total. The van der Waals surface area contributed by atoms with Gasteiger partial charge in [0.05, 0.1) is 24.3 Å². The van der Waals surface area contributed by atoms with Crippen molar-refractivity contribution in [3.63, 3.8) is 0 Å². The van der Waals surface area contributed by atoms with E-state index in [2.05, 4.69) is 11.1 Å². The van der Waals surface area contributed by atoms with Crippen molar-refractivity contribution in [2.24, 2.45) is 0 Å². The Morgan fingerprint density at radius 2 is 1.42 bits per heavy atom. The number of carbonyl (C=O) groups is 2.